The molecule has 0 fully saturated rings. The molecule has 1 aromatic heterocycles. The van der Waals surface area contributed by atoms with E-state index in [0.717, 1.165) is 12.0 Å². The molecule has 0 aromatic carbocycles. The van der Waals surface area contributed by atoms with Crippen molar-refractivity contribution in [1.29, 1.82) is 0 Å². The number of hydrogen-bond donors (Lipinski definition) is 2. The van der Waals surface area contributed by atoms with E-state index < -0.39 is 5.91 Å². The Morgan fingerprint density at radius 1 is 1.60 bits per heavy atom. The second kappa shape index (κ2) is 5.14. The predicted octanol–water partition coefficient (Wildman–Crippen LogP) is 1.18. The summed E-state index contributed by atoms with van der Waals surface area (Å²) in [7, 11) is 0. The van der Waals surface area contributed by atoms with Crippen LogP contribution in [-0.2, 0) is 11.2 Å². The van der Waals surface area contributed by atoms with Crippen LogP contribution in [0, 0.1) is 0 Å². The van der Waals surface area contributed by atoms with Crippen LogP contribution >= 0.6 is 22.9 Å². The van der Waals surface area contributed by atoms with Crippen molar-refractivity contribution >= 4 is 34.8 Å². The Hall–Kier alpha value is -1.07. The molecule has 15 heavy (non-hydrogen) atoms. The monoisotopic (exact) mass is 246 g/mol. The zero-order chi connectivity index (χ0) is 11.4. The Bertz CT molecular complexity index is 389. The first-order valence-electron chi connectivity index (χ1n) is 4.38. The number of amides is 2. The van der Waals surface area contributed by atoms with Gasteiger partial charge in [-0.2, -0.15) is 0 Å². The highest BCUT2D eigenvalue weighted by atomic mass is 35.5. The molecule has 3 N–H and O–H groups in total. The molecule has 0 spiro atoms. The van der Waals surface area contributed by atoms with Crippen molar-refractivity contribution in [1.82, 2.24) is 5.32 Å². The number of carbonyl (C=O) groups is 2. The molecule has 1 rings (SSSR count). The summed E-state index contributed by atoms with van der Waals surface area (Å²) in [6.07, 6.45) is 0.776. The quantitative estimate of drug-likeness (QED) is 0.837. The Morgan fingerprint density at radius 3 is 2.73 bits per heavy atom. The minimum Gasteiger partial charge on any atom is -0.368 e. The number of halogens is 1. The maximum atomic E-state index is 11.5. The SMILES string of the molecule is CCc1csc(C(=O)NCC(N)=O)c1Cl. The zero-order valence-electron chi connectivity index (χ0n) is 8.17. The summed E-state index contributed by atoms with van der Waals surface area (Å²) in [5, 5.41) is 4.69. The minimum atomic E-state index is -0.577. The lowest BCUT2D eigenvalue weighted by Crippen LogP contribution is -2.32. The molecular formula is C9H11ClN2O2S. The van der Waals surface area contributed by atoms with Gasteiger partial charge in [-0.15, -0.1) is 11.3 Å². The molecule has 0 saturated heterocycles. The largest absolute Gasteiger partial charge is 0.368 e. The van der Waals surface area contributed by atoms with Gasteiger partial charge >= 0.3 is 0 Å². The summed E-state index contributed by atoms with van der Waals surface area (Å²) < 4.78 is 0. The summed E-state index contributed by atoms with van der Waals surface area (Å²) in [4.78, 5) is 22.4. The molecule has 0 aliphatic rings. The first-order chi connectivity index (χ1) is 7.06. The number of carbonyl (C=O) groups excluding carboxylic acids is 2. The lowest BCUT2D eigenvalue weighted by Gasteiger charge is -2.00. The second-order valence-electron chi connectivity index (χ2n) is 2.91. The van der Waals surface area contributed by atoms with Crippen LogP contribution < -0.4 is 11.1 Å². The fourth-order valence-corrected chi connectivity index (χ4v) is 2.45. The highest BCUT2D eigenvalue weighted by Gasteiger charge is 2.15. The first-order valence-corrected chi connectivity index (χ1v) is 5.64. The summed E-state index contributed by atoms with van der Waals surface area (Å²) in [5.74, 6) is -0.935. The lowest BCUT2D eigenvalue weighted by molar-refractivity contribution is -0.117. The Morgan fingerprint density at radius 2 is 2.27 bits per heavy atom. The van der Waals surface area contributed by atoms with Gasteiger partial charge in [0.2, 0.25) is 5.91 Å². The molecule has 1 heterocycles. The normalized spacial score (nSPS) is 10.0. The molecule has 4 nitrogen and oxygen atoms in total. The van der Waals surface area contributed by atoms with Gasteiger partial charge in [0, 0.05) is 0 Å². The van der Waals surface area contributed by atoms with Crippen molar-refractivity contribution in [3.8, 4) is 0 Å². The molecule has 0 unspecified atom stereocenters. The highest BCUT2D eigenvalue weighted by molar-refractivity contribution is 7.13. The molecule has 82 valence electrons. The standard InChI is InChI=1S/C9H11ClN2O2S/c1-2-5-4-15-8(7(5)10)9(14)12-3-6(11)13/h4H,2-3H2,1H3,(H2,11,13)(H,12,14). The van der Waals surface area contributed by atoms with Gasteiger partial charge in [-0.1, -0.05) is 18.5 Å². The van der Waals surface area contributed by atoms with Crippen molar-refractivity contribution in [2.24, 2.45) is 5.73 Å². The van der Waals surface area contributed by atoms with E-state index in [9.17, 15) is 9.59 Å². The van der Waals surface area contributed by atoms with Gasteiger partial charge in [0.05, 0.1) is 11.6 Å². The zero-order valence-corrected chi connectivity index (χ0v) is 9.74. The lowest BCUT2D eigenvalue weighted by atomic mass is 10.2. The molecular weight excluding hydrogens is 236 g/mol. The fourth-order valence-electron chi connectivity index (χ4n) is 1.02. The third kappa shape index (κ3) is 2.94. The Kier molecular flexibility index (Phi) is 4.11. The van der Waals surface area contributed by atoms with Crippen LogP contribution in [0.5, 0.6) is 0 Å². The molecule has 2 amide bonds. The number of hydrogen-bond acceptors (Lipinski definition) is 3. The van der Waals surface area contributed by atoms with Crippen LogP contribution in [0.25, 0.3) is 0 Å². The number of rotatable bonds is 4. The Labute approximate surface area is 96.4 Å². The molecule has 0 atom stereocenters. The van der Waals surface area contributed by atoms with Crippen molar-refractivity contribution in [2.75, 3.05) is 6.54 Å². The van der Waals surface area contributed by atoms with Crippen LogP contribution in [0.3, 0.4) is 0 Å². The molecule has 0 bridgehead atoms. The number of aryl methyl sites for hydroxylation is 1. The molecule has 0 radical (unpaired) electrons. The summed E-state index contributed by atoms with van der Waals surface area (Å²) >= 11 is 7.23. The summed E-state index contributed by atoms with van der Waals surface area (Å²) in [5.41, 5.74) is 5.84. The number of primary amides is 1. The second-order valence-corrected chi connectivity index (χ2v) is 4.16. The van der Waals surface area contributed by atoms with Crippen LogP contribution in [0.1, 0.15) is 22.2 Å². The van der Waals surface area contributed by atoms with E-state index in [2.05, 4.69) is 5.32 Å². The van der Waals surface area contributed by atoms with E-state index in [4.69, 9.17) is 17.3 Å². The van der Waals surface area contributed by atoms with E-state index in [-0.39, 0.29) is 12.5 Å². The van der Waals surface area contributed by atoms with Gasteiger partial charge in [0.25, 0.3) is 5.91 Å². The van der Waals surface area contributed by atoms with E-state index in [1.807, 2.05) is 12.3 Å². The van der Waals surface area contributed by atoms with Crippen molar-refractivity contribution < 1.29 is 9.59 Å². The average molecular weight is 247 g/mol. The van der Waals surface area contributed by atoms with Gasteiger partial charge in [-0.05, 0) is 17.4 Å². The highest BCUT2D eigenvalue weighted by Crippen LogP contribution is 2.27. The number of nitrogens with one attached hydrogen (secondary N) is 1. The molecule has 0 saturated carbocycles. The average Bonchev–Trinajstić information content (AvgIpc) is 2.56. The van der Waals surface area contributed by atoms with Gasteiger partial charge < -0.3 is 11.1 Å². The van der Waals surface area contributed by atoms with Crippen LogP contribution in [-0.4, -0.2) is 18.4 Å². The maximum Gasteiger partial charge on any atom is 0.263 e. The smallest absolute Gasteiger partial charge is 0.263 e. The Balaban J connectivity index is 2.74. The molecule has 6 heteroatoms. The first kappa shape index (κ1) is 12.0. The topological polar surface area (TPSA) is 72.2 Å². The van der Waals surface area contributed by atoms with E-state index >= 15 is 0 Å². The van der Waals surface area contributed by atoms with Crippen molar-refractivity contribution in [3.63, 3.8) is 0 Å². The van der Waals surface area contributed by atoms with E-state index in [1.54, 1.807) is 0 Å². The molecule has 1 aromatic rings. The van der Waals surface area contributed by atoms with Crippen LogP contribution in [0.2, 0.25) is 5.02 Å². The molecule has 0 aliphatic carbocycles. The maximum absolute atomic E-state index is 11.5. The van der Waals surface area contributed by atoms with Gasteiger partial charge in [-0.25, -0.2) is 0 Å². The van der Waals surface area contributed by atoms with Crippen LogP contribution in [0.15, 0.2) is 5.38 Å². The van der Waals surface area contributed by atoms with Gasteiger partial charge in [0.15, 0.2) is 0 Å². The fraction of sp³-hybridized carbons (Fsp3) is 0.333. The van der Waals surface area contributed by atoms with Crippen molar-refractivity contribution in [3.05, 3.63) is 20.8 Å². The van der Waals surface area contributed by atoms with Crippen LogP contribution in [0.4, 0.5) is 0 Å². The third-order valence-electron chi connectivity index (χ3n) is 1.81. The number of nitrogens with two attached hydrogens (primary N) is 1. The number of thiophene rings is 1. The summed E-state index contributed by atoms with van der Waals surface area (Å²) in [6, 6.07) is 0. The minimum absolute atomic E-state index is 0.172. The third-order valence-corrected chi connectivity index (χ3v) is 3.38. The van der Waals surface area contributed by atoms with Gasteiger partial charge in [-0.3, -0.25) is 9.59 Å². The predicted molar refractivity (Wildman–Crippen MR) is 60.2 cm³/mol. The van der Waals surface area contributed by atoms with E-state index in [0.29, 0.717) is 9.90 Å². The van der Waals surface area contributed by atoms with Gasteiger partial charge in [0.1, 0.15) is 4.88 Å². The summed E-state index contributed by atoms with van der Waals surface area (Å²) in [6.45, 7) is 1.79. The van der Waals surface area contributed by atoms with Crippen molar-refractivity contribution in [2.45, 2.75) is 13.3 Å². The molecule has 0 aliphatic heterocycles. The van der Waals surface area contributed by atoms with E-state index in [1.165, 1.54) is 11.3 Å².